The molecule has 3 aromatic rings. The average molecular weight is 289 g/mol. The molecule has 4 nitrogen and oxygen atoms in total. The summed E-state index contributed by atoms with van der Waals surface area (Å²) in [5.74, 6) is -1.76. The predicted molar refractivity (Wildman–Crippen MR) is 76.2 cm³/mol. The van der Waals surface area contributed by atoms with Crippen LogP contribution in [0.4, 0.5) is 8.78 Å². The van der Waals surface area contributed by atoms with Crippen LogP contribution in [-0.2, 0) is 0 Å². The van der Waals surface area contributed by atoms with Crippen LogP contribution in [0.1, 0.15) is 17.2 Å². The molecular weight excluding hydrogens is 276 g/mol. The summed E-state index contributed by atoms with van der Waals surface area (Å²) in [6, 6.07) is 8.79. The molecule has 1 aromatic heterocycles. The van der Waals surface area contributed by atoms with Crippen molar-refractivity contribution in [3.63, 3.8) is 0 Å². The van der Waals surface area contributed by atoms with Crippen LogP contribution in [0.15, 0.2) is 41.2 Å². The third-order valence-electron chi connectivity index (χ3n) is 3.45. The number of halogens is 2. The van der Waals surface area contributed by atoms with E-state index in [0.717, 1.165) is 11.6 Å². The van der Waals surface area contributed by atoms with Gasteiger partial charge in [0.2, 0.25) is 0 Å². The summed E-state index contributed by atoms with van der Waals surface area (Å²) >= 11 is 0. The van der Waals surface area contributed by atoms with Gasteiger partial charge in [-0.2, -0.15) is 0 Å². The Labute approximate surface area is 118 Å². The topological polar surface area (TPSA) is 60.7 Å². The smallest absolute Gasteiger partial charge is 0.309 e. The molecule has 108 valence electrons. The molecule has 6 heteroatoms. The van der Waals surface area contributed by atoms with E-state index >= 15 is 0 Å². The van der Waals surface area contributed by atoms with Crippen LogP contribution in [0.3, 0.4) is 0 Å². The lowest BCUT2D eigenvalue weighted by Crippen LogP contribution is -2.19. The van der Waals surface area contributed by atoms with Gasteiger partial charge in [0.05, 0.1) is 17.1 Å². The maximum atomic E-state index is 14.0. The molecule has 3 N–H and O–H groups in total. The maximum Gasteiger partial charge on any atom is 0.323 e. The zero-order valence-electron chi connectivity index (χ0n) is 11.2. The lowest BCUT2D eigenvalue weighted by molar-refractivity contribution is 0.487. The van der Waals surface area contributed by atoms with Crippen molar-refractivity contribution >= 4 is 11.0 Å². The van der Waals surface area contributed by atoms with Crippen molar-refractivity contribution in [2.45, 2.75) is 6.04 Å². The van der Waals surface area contributed by atoms with Gasteiger partial charge in [-0.05, 0) is 30.8 Å². The highest BCUT2D eigenvalue weighted by molar-refractivity contribution is 5.75. The number of benzene rings is 2. The third kappa shape index (κ3) is 2.34. The van der Waals surface area contributed by atoms with Gasteiger partial charge in [-0.25, -0.2) is 13.6 Å². The van der Waals surface area contributed by atoms with Crippen LogP contribution in [0.2, 0.25) is 0 Å². The second-order valence-electron chi connectivity index (χ2n) is 4.75. The van der Waals surface area contributed by atoms with Gasteiger partial charge < -0.3 is 15.3 Å². The molecule has 0 bridgehead atoms. The number of nitrogens with one attached hydrogen (secondary N) is 3. The van der Waals surface area contributed by atoms with E-state index in [0.29, 0.717) is 11.0 Å². The summed E-state index contributed by atoms with van der Waals surface area (Å²) in [7, 11) is 1.67. The van der Waals surface area contributed by atoms with E-state index < -0.39 is 17.7 Å². The first kappa shape index (κ1) is 13.5. The molecule has 0 saturated carbocycles. The van der Waals surface area contributed by atoms with Gasteiger partial charge in [-0.1, -0.05) is 18.2 Å². The molecule has 0 radical (unpaired) electrons. The van der Waals surface area contributed by atoms with Crippen molar-refractivity contribution in [3.05, 3.63) is 69.6 Å². The standard InChI is InChI=1S/C15H13F2N3O/c1-18-14(9-3-2-4-10(16)13(9)17)8-5-6-11-12(7-8)20-15(21)19-11/h2-7,14,18H,1H3,(H2,19,20,21). The van der Waals surface area contributed by atoms with Crippen LogP contribution in [-0.4, -0.2) is 17.0 Å². The molecule has 0 aliphatic rings. The number of hydrogen-bond acceptors (Lipinski definition) is 2. The normalized spacial score (nSPS) is 12.7. The lowest BCUT2D eigenvalue weighted by Gasteiger charge is -2.18. The molecule has 0 spiro atoms. The second kappa shape index (κ2) is 5.14. The molecule has 1 atom stereocenters. The molecule has 1 heterocycles. The minimum atomic E-state index is -0.885. The van der Waals surface area contributed by atoms with Gasteiger partial charge in [0.15, 0.2) is 11.6 Å². The zero-order chi connectivity index (χ0) is 15.0. The zero-order valence-corrected chi connectivity index (χ0v) is 11.2. The fraction of sp³-hybridized carbons (Fsp3) is 0.133. The quantitative estimate of drug-likeness (QED) is 0.693. The average Bonchev–Trinajstić information content (AvgIpc) is 2.83. The molecule has 0 aliphatic carbocycles. The number of aromatic amines is 2. The third-order valence-corrected chi connectivity index (χ3v) is 3.45. The SMILES string of the molecule is CNC(c1ccc2[nH]c(=O)[nH]c2c1)c1cccc(F)c1F. The van der Waals surface area contributed by atoms with Gasteiger partial charge >= 0.3 is 5.69 Å². The molecule has 0 aliphatic heterocycles. The molecule has 0 amide bonds. The summed E-state index contributed by atoms with van der Waals surface area (Å²) < 4.78 is 27.4. The molecular formula is C15H13F2N3O. The summed E-state index contributed by atoms with van der Waals surface area (Å²) in [5.41, 5.74) is 1.92. The monoisotopic (exact) mass is 289 g/mol. The molecule has 0 saturated heterocycles. The Balaban J connectivity index is 2.13. The van der Waals surface area contributed by atoms with Crippen molar-refractivity contribution < 1.29 is 8.78 Å². The summed E-state index contributed by atoms with van der Waals surface area (Å²) in [5, 5.41) is 2.97. The second-order valence-corrected chi connectivity index (χ2v) is 4.75. The molecule has 1 unspecified atom stereocenters. The largest absolute Gasteiger partial charge is 0.323 e. The van der Waals surface area contributed by atoms with E-state index in [9.17, 15) is 13.6 Å². The van der Waals surface area contributed by atoms with E-state index in [1.165, 1.54) is 12.1 Å². The van der Waals surface area contributed by atoms with Gasteiger partial charge in [-0.3, -0.25) is 0 Å². The van der Waals surface area contributed by atoms with Crippen molar-refractivity contribution in [2.75, 3.05) is 7.05 Å². The van der Waals surface area contributed by atoms with Gasteiger partial charge in [0.1, 0.15) is 0 Å². The Bertz CT molecular complexity index is 853. The highest BCUT2D eigenvalue weighted by Gasteiger charge is 2.19. The van der Waals surface area contributed by atoms with E-state index in [-0.39, 0.29) is 11.3 Å². The van der Waals surface area contributed by atoms with E-state index in [1.807, 2.05) is 0 Å². The highest BCUT2D eigenvalue weighted by Crippen LogP contribution is 2.26. The summed E-state index contributed by atoms with van der Waals surface area (Å²) in [6.07, 6.45) is 0. The minimum Gasteiger partial charge on any atom is -0.309 e. The maximum absolute atomic E-state index is 14.0. The molecule has 0 fully saturated rings. The number of H-pyrrole nitrogens is 2. The molecule has 21 heavy (non-hydrogen) atoms. The Morgan fingerprint density at radius 2 is 1.86 bits per heavy atom. The summed E-state index contributed by atoms with van der Waals surface area (Å²) in [4.78, 5) is 16.6. The first-order chi connectivity index (χ1) is 10.1. The number of aromatic nitrogens is 2. The number of rotatable bonds is 3. The highest BCUT2D eigenvalue weighted by atomic mass is 19.2. The Morgan fingerprint density at radius 1 is 1.10 bits per heavy atom. The fourth-order valence-corrected chi connectivity index (χ4v) is 2.47. The van der Waals surface area contributed by atoms with Gasteiger partial charge in [-0.15, -0.1) is 0 Å². The van der Waals surface area contributed by atoms with Crippen LogP contribution in [0.5, 0.6) is 0 Å². The van der Waals surface area contributed by atoms with Crippen molar-refractivity contribution in [2.24, 2.45) is 0 Å². The number of fused-ring (bicyclic) bond motifs is 1. The summed E-state index contributed by atoms with van der Waals surface area (Å²) in [6.45, 7) is 0. The Hall–Kier alpha value is -2.47. The van der Waals surface area contributed by atoms with E-state index in [2.05, 4.69) is 15.3 Å². The number of imidazole rings is 1. The predicted octanol–water partition coefficient (Wildman–Crippen LogP) is 2.44. The molecule has 3 rings (SSSR count). The van der Waals surface area contributed by atoms with Crippen LogP contribution in [0, 0.1) is 11.6 Å². The number of hydrogen-bond donors (Lipinski definition) is 3. The van der Waals surface area contributed by atoms with Gasteiger partial charge in [0, 0.05) is 5.56 Å². The van der Waals surface area contributed by atoms with Crippen LogP contribution >= 0.6 is 0 Å². The molecule has 2 aromatic carbocycles. The lowest BCUT2D eigenvalue weighted by atomic mass is 9.98. The van der Waals surface area contributed by atoms with Crippen LogP contribution in [0.25, 0.3) is 11.0 Å². The van der Waals surface area contributed by atoms with Crippen LogP contribution < -0.4 is 11.0 Å². The first-order valence-electron chi connectivity index (χ1n) is 6.43. The van der Waals surface area contributed by atoms with E-state index in [1.54, 1.807) is 25.2 Å². The van der Waals surface area contributed by atoms with Gasteiger partial charge in [0.25, 0.3) is 0 Å². The minimum absolute atomic E-state index is 0.217. The van der Waals surface area contributed by atoms with Crippen molar-refractivity contribution in [1.29, 1.82) is 0 Å². The van der Waals surface area contributed by atoms with Crippen molar-refractivity contribution in [1.82, 2.24) is 15.3 Å². The van der Waals surface area contributed by atoms with Crippen molar-refractivity contribution in [3.8, 4) is 0 Å². The Kier molecular flexibility index (Phi) is 3.31. The first-order valence-corrected chi connectivity index (χ1v) is 6.43. The fourth-order valence-electron chi connectivity index (χ4n) is 2.47. The van der Waals surface area contributed by atoms with E-state index in [4.69, 9.17) is 0 Å². The Morgan fingerprint density at radius 3 is 2.62 bits per heavy atom.